The fraction of sp³-hybridized carbons (Fsp3) is 0.621. The van der Waals surface area contributed by atoms with E-state index in [0.717, 1.165) is 19.3 Å². The molecule has 1 aromatic carbocycles. The number of rotatable bonds is 13. The largest absolute Gasteiger partial charge is 0.488 e. The van der Waals surface area contributed by atoms with Gasteiger partial charge in [-0.3, -0.25) is 4.79 Å². The van der Waals surface area contributed by atoms with Gasteiger partial charge in [-0.05, 0) is 74.8 Å². The molecule has 3 fully saturated rings. The van der Waals surface area contributed by atoms with Crippen LogP contribution >= 0.6 is 0 Å². The second-order valence-electron chi connectivity index (χ2n) is 10.1. The first-order valence-electron chi connectivity index (χ1n) is 13.6. The molecule has 2 saturated heterocycles. The molecular formula is C29H39FO8. The standard InChI is InChI=1S/C29H39FO8/c30-21-10-12-22(13-11-21)35-20-29(36-17-18-37-29)15-14-24-23(7-3-1-2-4-8-27(32)33)25(31)19-26(24)38-28-9-5-6-16-34-28/h1,3,10-15,23-26,28,31H,2,4-9,16-20H2,(H,32,33)/b3-1-,15-14+/t23-,24-,25+,26-,28?/m1/s1. The SMILES string of the molecule is O=C(O)CCC/C=C\C[C@@H]1[C@@H](/C=C/C2(COc3ccc(F)cc3)OCCO2)[C@H](OC2CCCCO2)C[C@@H]1O. The van der Waals surface area contributed by atoms with Crippen LogP contribution in [0.4, 0.5) is 4.39 Å². The molecule has 1 unspecified atom stereocenters. The highest BCUT2D eigenvalue weighted by Crippen LogP contribution is 2.40. The van der Waals surface area contributed by atoms with Gasteiger partial charge in [-0.1, -0.05) is 18.2 Å². The van der Waals surface area contributed by atoms with Crippen molar-refractivity contribution in [3.05, 3.63) is 54.4 Å². The molecule has 0 radical (unpaired) electrons. The molecule has 9 heteroatoms. The Hall–Kier alpha value is -2.30. The van der Waals surface area contributed by atoms with Gasteiger partial charge in [0.2, 0.25) is 5.79 Å². The van der Waals surface area contributed by atoms with Crippen LogP contribution in [0.25, 0.3) is 0 Å². The lowest BCUT2D eigenvalue weighted by molar-refractivity contribution is -0.193. The molecule has 1 aliphatic carbocycles. The van der Waals surface area contributed by atoms with Crippen molar-refractivity contribution in [2.75, 3.05) is 26.4 Å². The van der Waals surface area contributed by atoms with Crippen LogP contribution in [0.15, 0.2) is 48.6 Å². The maximum Gasteiger partial charge on any atom is 0.303 e. The van der Waals surface area contributed by atoms with E-state index in [4.69, 9.17) is 28.8 Å². The van der Waals surface area contributed by atoms with E-state index in [9.17, 15) is 14.3 Å². The number of hydrogen-bond donors (Lipinski definition) is 2. The molecule has 8 nitrogen and oxygen atoms in total. The molecule has 2 aliphatic heterocycles. The average Bonchev–Trinajstić information content (AvgIpc) is 3.49. The third kappa shape index (κ3) is 8.35. The van der Waals surface area contributed by atoms with Crippen molar-refractivity contribution < 1.29 is 43.1 Å². The van der Waals surface area contributed by atoms with Crippen molar-refractivity contribution in [1.82, 2.24) is 0 Å². The van der Waals surface area contributed by atoms with Crippen molar-refractivity contribution in [2.45, 2.75) is 75.7 Å². The Balaban J connectivity index is 1.45. The van der Waals surface area contributed by atoms with Gasteiger partial charge in [0, 0.05) is 25.4 Å². The summed E-state index contributed by atoms with van der Waals surface area (Å²) >= 11 is 0. The molecule has 0 bridgehead atoms. The molecule has 4 rings (SSSR count). The Morgan fingerprint density at radius 2 is 1.92 bits per heavy atom. The van der Waals surface area contributed by atoms with E-state index >= 15 is 0 Å². The molecular weight excluding hydrogens is 495 g/mol. The molecule has 3 aliphatic rings. The van der Waals surface area contributed by atoms with Gasteiger partial charge in [-0.25, -0.2) is 4.39 Å². The fourth-order valence-electron chi connectivity index (χ4n) is 5.26. The number of aliphatic hydroxyl groups excluding tert-OH is 1. The minimum absolute atomic E-state index is 0.0907. The predicted octanol–water partition coefficient (Wildman–Crippen LogP) is 4.61. The normalized spacial score (nSPS) is 29.4. The number of halogens is 1. The number of carboxylic acids is 1. The first-order valence-corrected chi connectivity index (χ1v) is 13.6. The highest BCUT2D eigenvalue weighted by Gasteiger charge is 2.44. The van der Waals surface area contributed by atoms with E-state index in [-0.39, 0.29) is 43.1 Å². The van der Waals surface area contributed by atoms with Crippen molar-refractivity contribution in [3.8, 4) is 5.75 Å². The minimum atomic E-state index is -1.09. The lowest BCUT2D eigenvalue weighted by Gasteiger charge is -2.30. The van der Waals surface area contributed by atoms with E-state index in [2.05, 4.69) is 0 Å². The molecule has 1 saturated carbocycles. The van der Waals surface area contributed by atoms with Crippen LogP contribution in [-0.2, 0) is 23.7 Å². The number of unbranched alkanes of at least 4 members (excludes halogenated alkanes) is 1. The Labute approximate surface area is 223 Å². The molecule has 38 heavy (non-hydrogen) atoms. The number of hydrogen-bond acceptors (Lipinski definition) is 7. The first-order chi connectivity index (χ1) is 18.4. The summed E-state index contributed by atoms with van der Waals surface area (Å²) in [5.41, 5.74) is 0. The maximum atomic E-state index is 13.3. The second-order valence-corrected chi connectivity index (χ2v) is 10.1. The van der Waals surface area contributed by atoms with Crippen molar-refractivity contribution in [3.63, 3.8) is 0 Å². The third-order valence-electron chi connectivity index (χ3n) is 7.29. The Bertz CT molecular complexity index is 921. The highest BCUT2D eigenvalue weighted by atomic mass is 19.1. The van der Waals surface area contributed by atoms with E-state index < -0.39 is 17.9 Å². The van der Waals surface area contributed by atoms with Gasteiger partial charge >= 0.3 is 5.97 Å². The molecule has 0 aromatic heterocycles. The predicted molar refractivity (Wildman–Crippen MR) is 137 cm³/mol. The maximum absolute atomic E-state index is 13.3. The Morgan fingerprint density at radius 1 is 1.13 bits per heavy atom. The van der Waals surface area contributed by atoms with Crippen LogP contribution in [0.2, 0.25) is 0 Å². The number of benzene rings is 1. The van der Waals surface area contributed by atoms with Crippen LogP contribution in [0.5, 0.6) is 5.75 Å². The number of allylic oxidation sites excluding steroid dienone is 2. The quantitative estimate of drug-likeness (QED) is 0.279. The summed E-state index contributed by atoms with van der Waals surface area (Å²) < 4.78 is 43.2. The molecule has 5 atom stereocenters. The van der Waals surface area contributed by atoms with E-state index in [1.807, 2.05) is 24.3 Å². The summed E-state index contributed by atoms with van der Waals surface area (Å²) in [6.07, 6.45) is 12.2. The zero-order chi connectivity index (χ0) is 26.8. The monoisotopic (exact) mass is 534 g/mol. The topological polar surface area (TPSA) is 104 Å². The van der Waals surface area contributed by atoms with Crippen LogP contribution in [-0.4, -0.2) is 66.9 Å². The number of aliphatic carboxylic acids is 1. The lowest BCUT2D eigenvalue weighted by Crippen LogP contribution is -2.36. The molecule has 210 valence electrons. The van der Waals surface area contributed by atoms with Gasteiger partial charge in [-0.2, -0.15) is 0 Å². The zero-order valence-electron chi connectivity index (χ0n) is 21.7. The minimum Gasteiger partial charge on any atom is -0.488 e. The number of aliphatic hydroxyl groups is 1. The highest BCUT2D eigenvalue weighted by molar-refractivity contribution is 5.66. The van der Waals surface area contributed by atoms with Gasteiger partial charge in [0.25, 0.3) is 0 Å². The van der Waals surface area contributed by atoms with Gasteiger partial charge < -0.3 is 33.9 Å². The summed E-state index contributed by atoms with van der Waals surface area (Å²) in [5.74, 6) is -1.92. The van der Waals surface area contributed by atoms with Crippen molar-refractivity contribution in [2.24, 2.45) is 11.8 Å². The molecule has 2 heterocycles. The van der Waals surface area contributed by atoms with Crippen LogP contribution < -0.4 is 4.74 Å². The van der Waals surface area contributed by atoms with Crippen LogP contribution in [0, 0.1) is 17.7 Å². The van der Waals surface area contributed by atoms with Crippen LogP contribution in [0.1, 0.15) is 51.4 Å². The van der Waals surface area contributed by atoms with Gasteiger partial charge in [-0.15, -0.1) is 0 Å². The molecule has 2 N–H and O–H groups in total. The van der Waals surface area contributed by atoms with Gasteiger partial charge in [0.15, 0.2) is 6.29 Å². The summed E-state index contributed by atoms with van der Waals surface area (Å²) in [7, 11) is 0. The Morgan fingerprint density at radius 3 is 2.63 bits per heavy atom. The lowest BCUT2D eigenvalue weighted by atomic mass is 9.89. The van der Waals surface area contributed by atoms with Crippen molar-refractivity contribution >= 4 is 5.97 Å². The van der Waals surface area contributed by atoms with E-state index in [1.165, 1.54) is 12.1 Å². The molecule has 0 spiro atoms. The van der Waals surface area contributed by atoms with Crippen LogP contribution in [0.3, 0.4) is 0 Å². The average molecular weight is 535 g/mol. The molecule has 0 amide bonds. The zero-order valence-corrected chi connectivity index (χ0v) is 21.7. The van der Waals surface area contributed by atoms with E-state index in [1.54, 1.807) is 12.1 Å². The summed E-state index contributed by atoms with van der Waals surface area (Å²) in [6, 6.07) is 5.79. The van der Waals surface area contributed by atoms with Gasteiger partial charge in [0.1, 0.15) is 18.2 Å². The Kier molecular flexibility index (Phi) is 10.7. The number of ether oxygens (including phenoxy) is 5. The first kappa shape index (κ1) is 28.7. The third-order valence-corrected chi connectivity index (χ3v) is 7.29. The summed E-state index contributed by atoms with van der Waals surface area (Å²) in [6.45, 7) is 1.61. The molecule has 1 aromatic rings. The van der Waals surface area contributed by atoms with Crippen molar-refractivity contribution in [1.29, 1.82) is 0 Å². The van der Waals surface area contributed by atoms with Gasteiger partial charge in [0.05, 0.1) is 25.4 Å². The summed E-state index contributed by atoms with van der Waals surface area (Å²) in [4.78, 5) is 10.7. The van der Waals surface area contributed by atoms with E-state index in [0.29, 0.717) is 51.3 Å². The number of carbonyl (C=O) groups is 1. The second kappa shape index (κ2) is 14.2. The fourth-order valence-corrected chi connectivity index (χ4v) is 5.26. The number of carboxylic acid groups (broad SMARTS) is 1. The smallest absolute Gasteiger partial charge is 0.303 e. The summed E-state index contributed by atoms with van der Waals surface area (Å²) in [5, 5.41) is 19.8.